The first-order chi connectivity index (χ1) is 2.00. The fourth-order valence-corrected chi connectivity index (χ4v) is 0. The summed E-state index contributed by atoms with van der Waals surface area (Å²) < 4.78 is 34.1. The fraction of sp³-hybridized carbons (Fsp3) is 0. The summed E-state index contributed by atoms with van der Waals surface area (Å²) in [6.07, 6.45) is 0. The van der Waals surface area contributed by atoms with E-state index >= 15 is 0 Å². The van der Waals surface area contributed by atoms with Crippen LogP contribution in [0.5, 0.6) is 0 Å². The normalized spacial score (nSPS) is 7.25. The van der Waals surface area contributed by atoms with Gasteiger partial charge in [0.15, 0.2) is 0 Å². The van der Waals surface area contributed by atoms with Gasteiger partial charge in [-0.2, -0.15) is 0 Å². The van der Waals surface area contributed by atoms with Crippen LogP contribution in [0.1, 0.15) is 0 Å². The van der Waals surface area contributed by atoms with Gasteiger partial charge in [0.25, 0.3) is 0 Å². The van der Waals surface area contributed by atoms with E-state index in [1.54, 1.807) is 0 Å². The van der Waals surface area contributed by atoms with E-state index in [9.17, 15) is 0 Å². The zero-order chi connectivity index (χ0) is 4.50. The van der Waals surface area contributed by atoms with Crippen molar-refractivity contribution in [3.05, 3.63) is 0 Å². The van der Waals surface area contributed by atoms with Crippen molar-refractivity contribution in [3.63, 3.8) is 0 Å². The van der Waals surface area contributed by atoms with Gasteiger partial charge in [-0.1, -0.05) is 0 Å². The van der Waals surface area contributed by atoms with Crippen LogP contribution in [0.15, 0.2) is 0 Å². The van der Waals surface area contributed by atoms with Crippen molar-refractivity contribution < 1.29 is 40.1 Å². The van der Waals surface area contributed by atoms with Crippen LogP contribution in [0.25, 0.3) is 0 Å². The Morgan fingerprint density at radius 2 is 1.12 bits per heavy atom. The average Bonchev–Trinajstić information content (AvgIpc) is 0.722. The molecule has 0 spiro atoms. The molecule has 0 atom stereocenters. The fourth-order valence-electron chi connectivity index (χ4n) is 0. The minimum atomic E-state index is -5.17. The van der Waals surface area contributed by atoms with E-state index in [1.165, 1.54) is 0 Å². The number of rotatable bonds is 0. The van der Waals surface area contributed by atoms with Crippen molar-refractivity contribution in [1.82, 2.24) is 6.15 Å². The molecule has 0 aromatic carbocycles. The molecule has 58 valence electrons. The molecule has 0 bridgehead atoms. The first-order valence-corrected chi connectivity index (χ1v) is 2.00. The predicted molar refractivity (Wildman–Crippen MR) is 20.1 cm³/mol. The maximum absolute atomic E-state index is 8.52. The summed E-state index contributed by atoms with van der Waals surface area (Å²) in [4.78, 5) is 0. The molecule has 0 saturated heterocycles. The molecule has 0 aromatic rings. The van der Waals surface area contributed by atoms with Gasteiger partial charge >= 0.3 is 17.1 Å². The SMILES string of the molecule is O.O=S(=O)([O-])[O-].[Cu+].[NH4+]. The van der Waals surface area contributed by atoms with Gasteiger partial charge in [-0.3, -0.25) is 8.42 Å². The molecular formula is H6CuNO5S. The molecule has 0 saturated carbocycles. The molecule has 0 unspecified atom stereocenters. The number of quaternary nitrogens is 1. The second-order valence-electron chi connectivity index (χ2n) is 0.408. The second kappa shape index (κ2) is 7.31. The van der Waals surface area contributed by atoms with Crippen LogP contribution >= 0.6 is 0 Å². The molecule has 8 heteroatoms. The molecule has 0 aromatic heterocycles. The van der Waals surface area contributed by atoms with Gasteiger partial charge in [-0.25, -0.2) is 0 Å². The van der Waals surface area contributed by atoms with E-state index < -0.39 is 10.4 Å². The smallest absolute Gasteiger partial charge is 0.759 e. The summed E-state index contributed by atoms with van der Waals surface area (Å²) in [6.45, 7) is 0. The Hall–Kier alpha value is 0.309. The molecule has 0 amide bonds. The van der Waals surface area contributed by atoms with E-state index in [0.717, 1.165) is 0 Å². The van der Waals surface area contributed by atoms with Crippen molar-refractivity contribution in [3.8, 4) is 0 Å². The second-order valence-corrected chi connectivity index (χ2v) is 1.22. The molecule has 0 aliphatic carbocycles. The van der Waals surface area contributed by atoms with E-state index in [0.29, 0.717) is 0 Å². The molecule has 0 fully saturated rings. The first kappa shape index (κ1) is 23.9. The summed E-state index contributed by atoms with van der Waals surface area (Å²) in [5.41, 5.74) is 0. The summed E-state index contributed by atoms with van der Waals surface area (Å²) in [5, 5.41) is 0. The maximum Gasteiger partial charge on any atom is 1.00 e. The van der Waals surface area contributed by atoms with E-state index in [1.807, 2.05) is 0 Å². The molecular weight excluding hydrogens is 190 g/mol. The Morgan fingerprint density at radius 3 is 1.12 bits per heavy atom. The van der Waals surface area contributed by atoms with E-state index in [-0.39, 0.29) is 28.7 Å². The van der Waals surface area contributed by atoms with Crippen LogP contribution in [-0.4, -0.2) is 23.0 Å². The zero-order valence-electron chi connectivity index (χ0n) is 3.84. The van der Waals surface area contributed by atoms with Crippen LogP contribution in [0, 0.1) is 0 Å². The third kappa shape index (κ3) is 1860. The topological polar surface area (TPSA) is 148 Å². The van der Waals surface area contributed by atoms with Gasteiger partial charge in [0.2, 0.25) is 0 Å². The predicted octanol–water partition coefficient (Wildman–Crippen LogP) is -1.79. The Morgan fingerprint density at radius 1 is 1.12 bits per heavy atom. The molecule has 0 rings (SSSR count). The van der Waals surface area contributed by atoms with Crippen molar-refractivity contribution in [2.75, 3.05) is 0 Å². The Labute approximate surface area is 57.2 Å². The Kier molecular flexibility index (Phi) is 21.8. The summed E-state index contributed by atoms with van der Waals surface area (Å²) in [6, 6.07) is 0. The average molecular weight is 196 g/mol. The van der Waals surface area contributed by atoms with Gasteiger partial charge in [0, 0.05) is 10.4 Å². The standard InChI is InChI=1S/Cu.H3N.H2O4S.H2O/c;;1-5(2,3)4;/h;1H3;(H2,1,2,3,4);1H2/q+1;;;/p-1. The minimum Gasteiger partial charge on any atom is -0.759 e. The quantitative estimate of drug-likeness (QED) is 0.276. The van der Waals surface area contributed by atoms with E-state index in [2.05, 4.69) is 0 Å². The van der Waals surface area contributed by atoms with Gasteiger partial charge in [-0.05, 0) is 0 Å². The van der Waals surface area contributed by atoms with Crippen molar-refractivity contribution in [2.24, 2.45) is 0 Å². The Bertz CT molecular complexity index is 95.6. The largest absolute Gasteiger partial charge is 1.00 e. The zero-order valence-corrected chi connectivity index (χ0v) is 5.60. The molecule has 0 aliphatic rings. The summed E-state index contributed by atoms with van der Waals surface area (Å²) >= 11 is 0. The third-order valence-corrected chi connectivity index (χ3v) is 0. The van der Waals surface area contributed by atoms with Crippen molar-refractivity contribution in [2.45, 2.75) is 0 Å². The first-order valence-electron chi connectivity index (χ1n) is 0.667. The maximum atomic E-state index is 8.52. The van der Waals surface area contributed by atoms with Crippen LogP contribution in [0.4, 0.5) is 0 Å². The van der Waals surface area contributed by atoms with Crippen LogP contribution in [-0.2, 0) is 27.5 Å². The van der Waals surface area contributed by atoms with Gasteiger partial charge in [0.1, 0.15) is 0 Å². The van der Waals surface area contributed by atoms with Crippen molar-refractivity contribution in [1.29, 1.82) is 0 Å². The molecule has 0 radical (unpaired) electrons. The van der Waals surface area contributed by atoms with E-state index in [4.69, 9.17) is 17.5 Å². The van der Waals surface area contributed by atoms with Gasteiger partial charge in [-0.15, -0.1) is 0 Å². The van der Waals surface area contributed by atoms with Gasteiger partial charge < -0.3 is 20.7 Å². The summed E-state index contributed by atoms with van der Waals surface area (Å²) in [7, 11) is -5.17. The molecule has 6 nitrogen and oxygen atoms in total. The van der Waals surface area contributed by atoms with Crippen LogP contribution in [0.3, 0.4) is 0 Å². The summed E-state index contributed by atoms with van der Waals surface area (Å²) in [5.74, 6) is 0. The molecule has 0 aliphatic heterocycles. The molecule has 8 heavy (non-hydrogen) atoms. The van der Waals surface area contributed by atoms with Crippen LogP contribution < -0.4 is 6.15 Å². The number of hydrogen-bond acceptors (Lipinski definition) is 4. The monoisotopic (exact) mass is 195 g/mol. The Balaban J connectivity index is -0.0000000267. The van der Waals surface area contributed by atoms with Crippen molar-refractivity contribution >= 4 is 10.4 Å². The minimum absolute atomic E-state index is 0. The number of hydrogen-bond donors (Lipinski definition) is 1. The molecule has 0 heterocycles. The van der Waals surface area contributed by atoms with Gasteiger partial charge in [0.05, 0.1) is 0 Å². The van der Waals surface area contributed by atoms with Crippen LogP contribution in [0.2, 0.25) is 0 Å². The third-order valence-electron chi connectivity index (χ3n) is 0. The molecule has 6 N–H and O–H groups in total.